The Morgan fingerprint density at radius 1 is 1.21 bits per heavy atom. The molecule has 152 valence electrons. The van der Waals surface area contributed by atoms with Gasteiger partial charge >= 0.3 is 6.18 Å². The van der Waals surface area contributed by atoms with Crippen molar-refractivity contribution in [1.82, 2.24) is 0 Å². The fourth-order valence-corrected chi connectivity index (χ4v) is 2.87. The van der Waals surface area contributed by atoms with Gasteiger partial charge in [0.15, 0.2) is 6.61 Å². The molecule has 29 heavy (non-hydrogen) atoms. The van der Waals surface area contributed by atoms with Crippen molar-refractivity contribution in [3.05, 3.63) is 58.6 Å². The van der Waals surface area contributed by atoms with Gasteiger partial charge in [0.05, 0.1) is 22.7 Å². The van der Waals surface area contributed by atoms with Crippen molar-refractivity contribution in [3.8, 4) is 5.75 Å². The fourth-order valence-electron chi connectivity index (χ4n) is 2.87. The standard InChI is InChI=1S/C18H14F3N3O5/c19-18(20,21)15-9-16(25)22-13-3-1-2-4-14(13)23(15)17(26)10-29-12-7-5-11(6-8-12)24(27)28/h1-8,15H,9-10H2,(H,22,25)/t15-/m1/s1. The van der Waals surface area contributed by atoms with Gasteiger partial charge < -0.3 is 10.1 Å². The van der Waals surface area contributed by atoms with Gasteiger partial charge in [-0.15, -0.1) is 0 Å². The first-order chi connectivity index (χ1) is 13.7. The number of nitro groups is 1. The molecule has 1 N–H and O–H groups in total. The van der Waals surface area contributed by atoms with Gasteiger partial charge in [-0.1, -0.05) is 12.1 Å². The maximum atomic E-state index is 13.6. The number of hydrogen-bond acceptors (Lipinski definition) is 5. The fraction of sp³-hybridized carbons (Fsp3) is 0.222. The Morgan fingerprint density at radius 3 is 2.48 bits per heavy atom. The third-order valence-electron chi connectivity index (χ3n) is 4.18. The topological polar surface area (TPSA) is 102 Å². The molecular formula is C18H14F3N3O5. The number of nitrogens with one attached hydrogen (secondary N) is 1. The zero-order valence-electron chi connectivity index (χ0n) is 14.7. The number of carbonyl (C=O) groups excluding carboxylic acids is 2. The van der Waals surface area contributed by atoms with Crippen molar-refractivity contribution >= 4 is 28.9 Å². The molecule has 2 aromatic rings. The maximum Gasteiger partial charge on any atom is 0.409 e. The summed E-state index contributed by atoms with van der Waals surface area (Å²) in [4.78, 5) is 35.1. The van der Waals surface area contributed by atoms with Crippen molar-refractivity contribution in [2.24, 2.45) is 0 Å². The second-order valence-electron chi connectivity index (χ2n) is 6.13. The molecule has 0 unspecified atom stereocenters. The number of alkyl halides is 3. The molecule has 0 saturated heterocycles. The number of amides is 2. The zero-order chi connectivity index (χ0) is 21.2. The van der Waals surface area contributed by atoms with Crippen LogP contribution >= 0.6 is 0 Å². The Balaban J connectivity index is 1.87. The van der Waals surface area contributed by atoms with Crippen LogP contribution in [0.1, 0.15) is 6.42 Å². The van der Waals surface area contributed by atoms with E-state index in [2.05, 4.69) is 5.32 Å². The molecule has 2 aromatic carbocycles. The predicted octanol–water partition coefficient (Wildman–Crippen LogP) is 3.28. The molecule has 3 rings (SSSR count). The maximum absolute atomic E-state index is 13.6. The Labute approximate surface area is 162 Å². The minimum Gasteiger partial charge on any atom is -0.484 e. The number of fused-ring (bicyclic) bond motifs is 1. The van der Waals surface area contributed by atoms with Crippen LogP contribution in [0.4, 0.5) is 30.2 Å². The highest BCUT2D eigenvalue weighted by atomic mass is 19.4. The lowest BCUT2D eigenvalue weighted by atomic mass is 10.1. The summed E-state index contributed by atoms with van der Waals surface area (Å²) in [6.45, 7) is -0.757. The van der Waals surface area contributed by atoms with Gasteiger partial charge in [0.1, 0.15) is 11.8 Å². The molecule has 0 radical (unpaired) electrons. The highest BCUT2D eigenvalue weighted by molar-refractivity contribution is 6.05. The summed E-state index contributed by atoms with van der Waals surface area (Å²) in [5, 5.41) is 13.0. The normalized spacial score (nSPS) is 16.4. The van der Waals surface area contributed by atoms with Gasteiger partial charge in [0, 0.05) is 12.1 Å². The SMILES string of the molecule is O=C1C[C@H](C(F)(F)F)N(C(=O)COc2ccc([N+](=O)[O-])cc2)c2ccccc2N1. The molecule has 1 aliphatic rings. The van der Waals surface area contributed by atoms with E-state index >= 15 is 0 Å². The van der Waals surface area contributed by atoms with E-state index in [1.807, 2.05) is 0 Å². The largest absolute Gasteiger partial charge is 0.484 e. The summed E-state index contributed by atoms with van der Waals surface area (Å²) < 4.78 is 46.0. The molecule has 0 saturated carbocycles. The van der Waals surface area contributed by atoms with Gasteiger partial charge in [-0.05, 0) is 24.3 Å². The number of nitrogens with zero attached hydrogens (tertiary/aromatic N) is 2. The molecule has 11 heteroatoms. The Hall–Kier alpha value is -3.63. The molecule has 0 bridgehead atoms. The summed E-state index contributed by atoms with van der Waals surface area (Å²) in [7, 11) is 0. The van der Waals surface area contributed by atoms with Crippen molar-refractivity contribution in [1.29, 1.82) is 0 Å². The zero-order valence-corrected chi connectivity index (χ0v) is 14.7. The third kappa shape index (κ3) is 4.45. The van der Waals surface area contributed by atoms with Gasteiger partial charge in [-0.25, -0.2) is 0 Å². The monoisotopic (exact) mass is 409 g/mol. The first-order valence-corrected chi connectivity index (χ1v) is 8.31. The molecule has 0 aromatic heterocycles. The smallest absolute Gasteiger partial charge is 0.409 e. The van der Waals surface area contributed by atoms with E-state index in [1.54, 1.807) is 0 Å². The predicted molar refractivity (Wildman–Crippen MR) is 95.6 cm³/mol. The summed E-state index contributed by atoms with van der Waals surface area (Å²) in [6, 6.07) is 8.03. The van der Waals surface area contributed by atoms with Crippen LogP contribution in [0.2, 0.25) is 0 Å². The van der Waals surface area contributed by atoms with E-state index in [-0.39, 0.29) is 22.8 Å². The van der Waals surface area contributed by atoms with Gasteiger partial charge in [0.2, 0.25) is 5.91 Å². The molecule has 0 fully saturated rings. The summed E-state index contributed by atoms with van der Waals surface area (Å²) in [6.07, 6.45) is -5.81. The molecule has 1 heterocycles. The minimum absolute atomic E-state index is 0.0739. The van der Waals surface area contributed by atoms with Crippen molar-refractivity contribution < 1.29 is 32.4 Å². The Morgan fingerprint density at radius 2 is 1.86 bits per heavy atom. The number of anilines is 2. The third-order valence-corrected chi connectivity index (χ3v) is 4.18. The van der Waals surface area contributed by atoms with Gasteiger partial charge in [-0.3, -0.25) is 24.6 Å². The van der Waals surface area contributed by atoms with E-state index < -0.39 is 42.0 Å². The molecule has 0 spiro atoms. The van der Waals surface area contributed by atoms with E-state index in [4.69, 9.17) is 4.74 Å². The van der Waals surface area contributed by atoms with Crippen LogP contribution in [0.3, 0.4) is 0 Å². The quantitative estimate of drug-likeness (QED) is 0.617. The number of nitro benzene ring substituents is 1. The van der Waals surface area contributed by atoms with Crippen LogP contribution in [0.25, 0.3) is 0 Å². The first kappa shape index (κ1) is 20.1. The highest BCUT2D eigenvalue weighted by Gasteiger charge is 2.49. The molecule has 2 amide bonds. The number of carbonyl (C=O) groups is 2. The second kappa shape index (κ2) is 7.78. The van der Waals surface area contributed by atoms with Crippen molar-refractivity contribution in [2.45, 2.75) is 18.6 Å². The lowest BCUT2D eigenvalue weighted by Gasteiger charge is -2.31. The number of halogens is 3. The lowest BCUT2D eigenvalue weighted by molar-refractivity contribution is -0.384. The van der Waals surface area contributed by atoms with Crippen LogP contribution in [0.5, 0.6) is 5.75 Å². The van der Waals surface area contributed by atoms with Gasteiger partial charge in [0.25, 0.3) is 11.6 Å². The Bertz CT molecular complexity index is 947. The number of ether oxygens (including phenoxy) is 1. The molecule has 0 aliphatic carbocycles. The average Bonchev–Trinajstić information content (AvgIpc) is 2.82. The molecule has 1 aliphatic heterocycles. The minimum atomic E-state index is -4.85. The van der Waals surface area contributed by atoms with Crippen LogP contribution in [-0.4, -0.2) is 35.6 Å². The van der Waals surface area contributed by atoms with Crippen LogP contribution in [0, 0.1) is 10.1 Å². The van der Waals surface area contributed by atoms with Gasteiger partial charge in [-0.2, -0.15) is 13.2 Å². The highest BCUT2D eigenvalue weighted by Crippen LogP contribution is 2.37. The van der Waals surface area contributed by atoms with Crippen molar-refractivity contribution in [3.63, 3.8) is 0 Å². The van der Waals surface area contributed by atoms with E-state index in [0.29, 0.717) is 4.90 Å². The molecule has 8 nitrogen and oxygen atoms in total. The van der Waals surface area contributed by atoms with E-state index in [0.717, 1.165) is 12.1 Å². The summed E-state index contributed by atoms with van der Waals surface area (Å²) in [5.41, 5.74) is -0.224. The summed E-state index contributed by atoms with van der Waals surface area (Å²) >= 11 is 0. The van der Waals surface area contributed by atoms with E-state index in [9.17, 15) is 32.9 Å². The molecule has 1 atom stereocenters. The van der Waals surface area contributed by atoms with Crippen LogP contribution < -0.4 is 15.0 Å². The second-order valence-corrected chi connectivity index (χ2v) is 6.13. The average molecular weight is 409 g/mol. The number of non-ortho nitro benzene ring substituents is 1. The number of para-hydroxylation sites is 2. The van der Waals surface area contributed by atoms with Crippen molar-refractivity contribution in [2.75, 3.05) is 16.8 Å². The molecular weight excluding hydrogens is 395 g/mol. The summed E-state index contributed by atoms with van der Waals surface area (Å²) in [5.74, 6) is -1.81. The first-order valence-electron chi connectivity index (χ1n) is 8.31. The van der Waals surface area contributed by atoms with E-state index in [1.165, 1.54) is 36.4 Å². The number of hydrogen-bond donors (Lipinski definition) is 1. The number of benzene rings is 2. The lowest BCUT2D eigenvalue weighted by Crippen LogP contribution is -2.51. The van der Waals surface area contributed by atoms with Crippen LogP contribution in [0.15, 0.2) is 48.5 Å². The Kier molecular flexibility index (Phi) is 5.39. The van der Waals surface area contributed by atoms with Crippen LogP contribution in [-0.2, 0) is 9.59 Å². The number of rotatable bonds is 4.